The second-order valence-electron chi connectivity index (χ2n) is 6.67. The zero-order valence-corrected chi connectivity index (χ0v) is 17.6. The summed E-state index contributed by atoms with van der Waals surface area (Å²) < 4.78 is 9.56. The van der Waals surface area contributed by atoms with Gasteiger partial charge in [0.1, 0.15) is 11.4 Å². The van der Waals surface area contributed by atoms with Crippen molar-refractivity contribution < 1.29 is 4.74 Å². The van der Waals surface area contributed by atoms with Gasteiger partial charge < -0.3 is 4.74 Å². The highest BCUT2D eigenvalue weighted by atomic mass is 32.1. The Morgan fingerprint density at radius 2 is 1.90 bits per heavy atom. The van der Waals surface area contributed by atoms with Gasteiger partial charge in [-0.15, -0.1) is 0 Å². The minimum Gasteiger partial charge on any atom is -0.496 e. The standard InChI is InChI=1S/C22H22N6OS/c1-3-20-24-25-22(30)28(20)23-13-17-15-27(14-16-9-5-4-6-10-16)26-21(17)18-11-7-8-12-19(18)29-2/h4-13,15H,3,14H2,1-2H3,(H,25,30)/b23-13-. The average Bonchev–Trinajstić information content (AvgIpc) is 3.35. The molecule has 0 radical (unpaired) electrons. The lowest BCUT2D eigenvalue weighted by Crippen LogP contribution is -2.00. The van der Waals surface area contributed by atoms with Gasteiger partial charge in [0.15, 0.2) is 5.82 Å². The second kappa shape index (κ2) is 8.87. The quantitative estimate of drug-likeness (QED) is 0.359. The molecule has 0 saturated carbocycles. The number of aryl methyl sites for hydroxylation is 1. The molecule has 0 fully saturated rings. The summed E-state index contributed by atoms with van der Waals surface area (Å²) in [6, 6.07) is 18.0. The van der Waals surface area contributed by atoms with Crippen molar-refractivity contribution in [1.29, 1.82) is 0 Å². The maximum atomic E-state index is 5.56. The molecule has 7 nitrogen and oxygen atoms in total. The fourth-order valence-electron chi connectivity index (χ4n) is 3.22. The molecule has 0 aliphatic rings. The molecule has 2 aromatic heterocycles. The Kier molecular flexibility index (Phi) is 5.85. The van der Waals surface area contributed by atoms with Crippen molar-refractivity contribution in [3.05, 3.63) is 82.5 Å². The summed E-state index contributed by atoms with van der Waals surface area (Å²) in [5, 5.41) is 16.4. The molecule has 4 rings (SSSR count). The van der Waals surface area contributed by atoms with Crippen LogP contribution >= 0.6 is 12.2 Å². The van der Waals surface area contributed by atoms with Gasteiger partial charge in [0, 0.05) is 23.7 Å². The van der Waals surface area contributed by atoms with Gasteiger partial charge in [-0.05, 0) is 29.9 Å². The van der Waals surface area contributed by atoms with Crippen molar-refractivity contribution >= 4 is 18.4 Å². The first-order valence-electron chi connectivity index (χ1n) is 9.65. The molecule has 0 spiro atoms. The third-order valence-electron chi connectivity index (χ3n) is 4.69. The van der Waals surface area contributed by atoms with Crippen molar-refractivity contribution in [1.82, 2.24) is 24.7 Å². The van der Waals surface area contributed by atoms with Gasteiger partial charge in [-0.2, -0.15) is 20.0 Å². The molecule has 4 aromatic rings. The minimum absolute atomic E-state index is 0.457. The lowest BCUT2D eigenvalue weighted by Gasteiger charge is -2.06. The highest BCUT2D eigenvalue weighted by Gasteiger charge is 2.15. The van der Waals surface area contributed by atoms with Crippen LogP contribution in [0.3, 0.4) is 0 Å². The van der Waals surface area contributed by atoms with Crippen molar-refractivity contribution in [2.75, 3.05) is 7.11 Å². The molecule has 0 bridgehead atoms. The third-order valence-corrected chi connectivity index (χ3v) is 4.95. The molecule has 0 unspecified atom stereocenters. The van der Waals surface area contributed by atoms with E-state index in [2.05, 4.69) is 27.4 Å². The normalized spacial score (nSPS) is 11.3. The first-order valence-corrected chi connectivity index (χ1v) is 10.1. The molecule has 0 aliphatic carbocycles. The molecule has 0 aliphatic heterocycles. The predicted molar refractivity (Wildman–Crippen MR) is 120 cm³/mol. The maximum absolute atomic E-state index is 5.56. The number of methoxy groups -OCH3 is 1. The highest BCUT2D eigenvalue weighted by molar-refractivity contribution is 7.71. The fraction of sp³-hybridized carbons (Fsp3) is 0.182. The number of rotatable bonds is 7. The lowest BCUT2D eigenvalue weighted by atomic mass is 10.1. The average molecular weight is 419 g/mol. The van der Waals surface area contributed by atoms with E-state index in [1.165, 1.54) is 5.56 Å². The Morgan fingerprint density at radius 3 is 2.67 bits per heavy atom. The number of nitrogens with one attached hydrogen (secondary N) is 1. The van der Waals surface area contributed by atoms with Crippen LogP contribution in [0, 0.1) is 4.77 Å². The predicted octanol–water partition coefficient (Wildman–Crippen LogP) is 4.31. The molecule has 0 amide bonds. The summed E-state index contributed by atoms with van der Waals surface area (Å²) in [5.41, 5.74) is 3.72. The molecule has 0 atom stereocenters. The van der Waals surface area contributed by atoms with Gasteiger partial charge >= 0.3 is 0 Å². The summed E-state index contributed by atoms with van der Waals surface area (Å²) in [4.78, 5) is 0. The van der Waals surface area contributed by atoms with Crippen LogP contribution in [-0.2, 0) is 13.0 Å². The van der Waals surface area contributed by atoms with Gasteiger partial charge in [0.2, 0.25) is 4.77 Å². The number of ether oxygens (including phenoxy) is 1. The number of hydrogen-bond acceptors (Lipinski definition) is 5. The van der Waals surface area contributed by atoms with Gasteiger partial charge in [-0.1, -0.05) is 49.4 Å². The monoisotopic (exact) mass is 418 g/mol. The summed E-state index contributed by atoms with van der Waals surface area (Å²) >= 11 is 5.30. The van der Waals surface area contributed by atoms with E-state index in [4.69, 9.17) is 22.1 Å². The van der Waals surface area contributed by atoms with E-state index < -0.39 is 0 Å². The summed E-state index contributed by atoms with van der Waals surface area (Å²) in [7, 11) is 1.66. The Morgan fingerprint density at radius 1 is 1.13 bits per heavy atom. The van der Waals surface area contributed by atoms with Crippen molar-refractivity contribution in [2.24, 2.45) is 5.10 Å². The Balaban J connectivity index is 1.78. The summed E-state index contributed by atoms with van der Waals surface area (Å²) in [5.74, 6) is 1.53. The van der Waals surface area contributed by atoms with Gasteiger partial charge in [-0.25, -0.2) is 0 Å². The molecule has 2 heterocycles. The van der Waals surface area contributed by atoms with Crippen LogP contribution in [0.5, 0.6) is 5.75 Å². The molecule has 0 saturated heterocycles. The van der Waals surface area contributed by atoms with E-state index >= 15 is 0 Å². The first kappa shape index (κ1) is 19.8. The highest BCUT2D eigenvalue weighted by Crippen LogP contribution is 2.30. The minimum atomic E-state index is 0.457. The van der Waals surface area contributed by atoms with Crippen LogP contribution in [-0.4, -0.2) is 38.0 Å². The molecule has 1 N–H and O–H groups in total. The van der Waals surface area contributed by atoms with Crippen molar-refractivity contribution in [2.45, 2.75) is 19.9 Å². The van der Waals surface area contributed by atoms with E-state index in [1.54, 1.807) is 18.0 Å². The number of aromatic amines is 1. The van der Waals surface area contributed by atoms with Crippen LogP contribution in [0.4, 0.5) is 0 Å². The lowest BCUT2D eigenvalue weighted by molar-refractivity contribution is 0.416. The smallest absolute Gasteiger partial charge is 0.216 e. The SMILES string of the molecule is CCc1n[nH]c(=S)n1/N=C\c1cn(Cc2ccccc2)nc1-c1ccccc1OC. The third kappa shape index (κ3) is 4.08. The van der Waals surface area contributed by atoms with E-state index in [-0.39, 0.29) is 0 Å². The zero-order chi connectivity index (χ0) is 20.9. The molecule has 2 aromatic carbocycles. The van der Waals surface area contributed by atoms with Crippen molar-refractivity contribution in [3.8, 4) is 17.0 Å². The Labute approximate surface area is 179 Å². The van der Waals surface area contributed by atoms with Crippen LogP contribution in [0.2, 0.25) is 0 Å². The largest absolute Gasteiger partial charge is 0.496 e. The van der Waals surface area contributed by atoms with Gasteiger partial charge in [-0.3, -0.25) is 9.78 Å². The van der Waals surface area contributed by atoms with Crippen LogP contribution in [0.25, 0.3) is 11.3 Å². The second-order valence-corrected chi connectivity index (χ2v) is 7.06. The van der Waals surface area contributed by atoms with Crippen molar-refractivity contribution in [3.63, 3.8) is 0 Å². The molecule has 30 heavy (non-hydrogen) atoms. The fourth-order valence-corrected chi connectivity index (χ4v) is 3.42. The van der Waals surface area contributed by atoms with Crippen LogP contribution in [0.1, 0.15) is 23.9 Å². The van der Waals surface area contributed by atoms with E-state index in [1.807, 2.05) is 60.3 Å². The topological polar surface area (TPSA) is 73.0 Å². The van der Waals surface area contributed by atoms with Gasteiger partial charge in [0.05, 0.1) is 19.9 Å². The maximum Gasteiger partial charge on any atom is 0.216 e. The van der Waals surface area contributed by atoms with Crippen LogP contribution < -0.4 is 4.74 Å². The van der Waals surface area contributed by atoms with E-state index in [0.717, 1.165) is 34.8 Å². The first-order chi connectivity index (χ1) is 14.7. The zero-order valence-electron chi connectivity index (χ0n) is 16.8. The molecular weight excluding hydrogens is 396 g/mol. The van der Waals surface area contributed by atoms with Gasteiger partial charge in [0.25, 0.3) is 0 Å². The number of hydrogen-bond donors (Lipinski definition) is 1. The molecular formula is C22H22N6OS. The number of para-hydroxylation sites is 1. The number of aromatic nitrogens is 5. The Hall–Kier alpha value is -3.52. The summed E-state index contributed by atoms with van der Waals surface area (Å²) in [6.45, 7) is 2.66. The summed E-state index contributed by atoms with van der Waals surface area (Å²) in [6.07, 6.45) is 4.46. The van der Waals surface area contributed by atoms with E-state index in [9.17, 15) is 0 Å². The number of nitrogens with zero attached hydrogens (tertiary/aromatic N) is 5. The molecule has 8 heteroatoms. The number of benzene rings is 2. The number of H-pyrrole nitrogens is 1. The van der Waals surface area contributed by atoms with E-state index in [0.29, 0.717) is 11.3 Å². The molecule has 152 valence electrons. The van der Waals surface area contributed by atoms with Crippen LogP contribution in [0.15, 0.2) is 65.9 Å². The Bertz CT molecular complexity index is 1220.